The molecule has 4 N–H and O–H groups in total. The highest BCUT2D eigenvalue weighted by Gasteiger charge is 2.28. The van der Waals surface area contributed by atoms with Gasteiger partial charge in [0.1, 0.15) is 11.6 Å². The fraction of sp³-hybridized carbons (Fsp3) is 0.545. The number of nitrogens with one attached hydrogen (secondary N) is 1. The van der Waals surface area contributed by atoms with Crippen LogP contribution in [-0.4, -0.2) is 46.6 Å². The summed E-state index contributed by atoms with van der Waals surface area (Å²) in [6.07, 6.45) is 2.36. The van der Waals surface area contributed by atoms with Gasteiger partial charge in [0.2, 0.25) is 0 Å². The minimum atomic E-state index is -1.00. The Labute approximate surface area is 115 Å². The summed E-state index contributed by atoms with van der Waals surface area (Å²) in [7, 11) is 0. The third-order valence-electron chi connectivity index (χ3n) is 3.02. The number of nitrogen functional groups attached to an aromatic ring is 1. The van der Waals surface area contributed by atoms with E-state index in [2.05, 4.69) is 15.3 Å². The number of nitrogens with zero attached hydrogens (tertiary/aromatic N) is 3. The molecule has 104 valence electrons. The fourth-order valence-corrected chi connectivity index (χ4v) is 2.53. The molecule has 1 aromatic heterocycles. The first-order valence-electron chi connectivity index (χ1n) is 6.03. The second kappa shape index (κ2) is 6.07. The zero-order chi connectivity index (χ0) is 13.8. The van der Waals surface area contributed by atoms with Crippen molar-refractivity contribution < 1.29 is 9.90 Å². The Balaban J connectivity index is 2.32. The van der Waals surface area contributed by atoms with Gasteiger partial charge in [0, 0.05) is 12.1 Å². The molecule has 0 bridgehead atoms. The molecule has 0 atom stereocenters. The van der Waals surface area contributed by atoms with E-state index >= 15 is 0 Å². The van der Waals surface area contributed by atoms with E-state index in [9.17, 15) is 9.90 Å². The maximum absolute atomic E-state index is 11.5. The molecule has 1 amide bonds. The SMILES string of the molecule is CSc1nc(N)cc(N(C(=O)O)C2CCNCC2)n1. The number of rotatable bonds is 3. The number of hydrogen-bond donors (Lipinski definition) is 3. The van der Waals surface area contributed by atoms with Crippen LogP contribution in [0.5, 0.6) is 0 Å². The van der Waals surface area contributed by atoms with Crippen molar-refractivity contribution in [2.24, 2.45) is 0 Å². The van der Waals surface area contributed by atoms with Crippen LogP contribution in [0.15, 0.2) is 11.2 Å². The Morgan fingerprint density at radius 2 is 2.21 bits per heavy atom. The van der Waals surface area contributed by atoms with Gasteiger partial charge in [-0.05, 0) is 32.2 Å². The van der Waals surface area contributed by atoms with Gasteiger partial charge < -0.3 is 16.2 Å². The molecule has 2 rings (SSSR count). The highest BCUT2D eigenvalue weighted by atomic mass is 32.2. The van der Waals surface area contributed by atoms with E-state index in [4.69, 9.17) is 5.73 Å². The number of carboxylic acid groups (broad SMARTS) is 1. The molecule has 1 saturated heterocycles. The van der Waals surface area contributed by atoms with Gasteiger partial charge >= 0.3 is 6.09 Å². The van der Waals surface area contributed by atoms with Crippen molar-refractivity contribution in [3.63, 3.8) is 0 Å². The van der Waals surface area contributed by atoms with Crippen molar-refractivity contribution >= 4 is 29.5 Å². The van der Waals surface area contributed by atoms with Crippen LogP contribution in [0.25, 0.3) is 0 Å². The van der Waals surface area contributed by atoms with Gasteiger partial charge in [-0.1, -0.05) is 11.8 Å². The van der Waals surface area contributed by atoms with E-state index in [1.165, 1.54) is 22.7 Å². The summed E-state index contributed by atoms with van der Waals surface area (Å²) in [5, 5.41) is 13.1. The van der Waals surface area contributed by atoms with Crippen molar-refractivity contribution in [2.45, 2.75) is 24.0 Å². The summed E-state index contributed by atoms with van der Waals surface area (Å²) < 4.78 is 0. The predicted octanol–water partition coefficient (Wildman–Crippen LogP) is 1.02. The van der Waals surface area contributed by atoms with Crippen LogP contribution in [0, 0.1) is 0 Å². The van der Waals surface area contributed by atoms with Crippen LogP contribution in [0.3, 0.4) is 0 Å². The van der Waals surface area contributed by atoms with Gasteiger partial charge in [-0.25, -0.2) is 14.8 Å². The Morgan fingerprint density at radius 3 is 2.79 bits per heavy atom. The molecular weight excluding hydrogens is 266 g/mol. The van der Waals surface area contributed by atoms with E-state index in [1.54, 1.807) is 0 Å². The van der Waals surface area contributed by atoms with Crippen molar-refractivity contribution in [3.8, 4) is 0 Å². The molecule has 19 heavy (non-hydrogen) atoms. The van der Waals surface area contributed by atoms with Gasteiger partial charge in [0.15, 0.2) is 5.16 Å². The van der Waals surface area contributed by atoms with E-state index in [0.717, 1.165) is 25.9 Å². The first-order chi connectivity index (χ1) is 9.11. The largest absolute Gasteiger partial charge is 0.465 e. The third kappa shape index (κ3) is 3.27. The topological polar surface area (TPSA) is 104 Å². The van der Waals surface area contributed by atoms with Crippen LogP contribution in [0.1, 0.15) is 12.8 Å². The lowest BCUT2D eigenvalue weighted by molar-refractivity contribution is 0.196. The Morgan fingerprint density at radius 1 is 1.53 bits per heavy atom. The molecule has 0 saturated carbocycles. The zero-order valence-electron chi connectivity index (χ0n) is 10.7. The van der Waals surface area contributed by atoms with Gasteiger partial charge in [-0.3, -0.25) is 4.90 Å². The number of hydrogen-bond acceptors (Lipinski definition) is 6. The van der Waals surface area contributed by atoms with Crippen molar-refractivity contribution in [1.82, 2.24) is 15.3 Å². The van der Waals surface area contributed by atoms with E-state index in [-0.39, 0.29) is 11.9 Å². The number of carbonyl (C=O) groups is 1. The first-order valence-corrected chi connectivity index (χ1v) is 7.25. The first kappa shape index (κ1) is 13.9. The smallest absolute Gasteiger partial charge is 0.413 e. The number of piperidine rings is 1. The summed E-state index contributed by atoms with van der Waals surface area (Å²) in [4.78, 5) is 21.1. The van der Waals surface area contributed by atoms with E-state index in [1.807, 2.05) is 6.26 Å². The standard InChI is InChI=1S/C11H17N5O2S/c1-19-10-14-8(12)6-9(15-10)16(11(17)18)7-2-4-13-5-3-7/h6-7,13H,2-5H2,1H3,(H,17,18)(H2,12,14,15). The predicted molar refractivity (Wildman–Crippen MR) is 74.6 cm³/mol. The lowest BCUT2D eigenvalue weighted by Crippen LogP contribution is -2.46. The summed E-state index contributed by atoms with van der Waals surface area (Å²) in [5.74, 6) is 0.644. The highest BCUT2D eigenvalue weighted by molar-refractivity contribution is 7.98. The van der Waals surface area contributed by atoms with Crippen LogP contribution >= 0.6 is 11.8 Å². The monoisotopic (exact) mass is 283 g/mol. The lowest BCUT2D eigenvalue weighted by Gasteiger charge is -2.31. The minimum absolute atomic E-state index is 0.0669. The lowest BCUT2D eigenvalue weighted by atomic mass is 10.1. The maximum Gasteiger partial charge on any atom is 0.413 e. The van der Waals surface area contributed by atoms with Crippen molar-refractivity contribution in [2.75, 3.05) is 30.0 Å². The van der Waals surface area contributed by atoms with Gasteiger partial charge in [0.25, 0.3) is 0 Å². The number of nitrogens with two attached hydrogens (primary N) is 1. The molecule has 0 aromatic carbocycles. The van der Waals surface area contributed by atoms with Crippen LogP contribution in [-0.2, 0) is 0 Å². The molecule has 8 heteroatoms. The molecule has 7 nitrogen and oxygen atoms in total. The second-order valence-corrected chi connectivity index (χ2v) is 5.04. The molecule has 1 aliphatic rings. The van der Waals surface area contributed by atoms with Gasteiger partial charge in [-0.15, -0.1) is 0 Å². The average molecular weight is 283 g/mol. The molecule has 0 aliphatic carbocycles. The number of thioether (sulfide) groups is 1. The summed E-state index contributed by atoms with van der Waals surface area (Å²) >= 11 is 1.34. The molecular formula is C11H17N5O2S. The van der Waals surface area contributed by atoms with Crippen LogP contribution in [0.2, 0.25) is 0 Å². The van der Waals surface area contributed by atoms with Gasteiger partial charge in [-0.2, -0.15) is 0 Å². The molecule has 1 aromatic rings. The highest BCUT2D eigenvalue weighted by Crippen LogP contribution is 2.23. The van der Waals surface area contributed by atoms with E-state index in [0.29, 0.717) is 11.0 Å². The molecule has 1 aliphatic heterocycles. The summed E-state index contributed by atoms with van der Waals surface area (Å²) in [5.41, 5.74) is 5.71. The molecule has 2 heterocycles. The van der Waals surface area contributed by atoms with Gasteiger partial charge in [0.05, 0.1) is 0 Å². The van der Waals surface area contributed by atoms with Crippen LogP contribution < -0.4 is 16.0 Å². The molecule has 1 fully saturated rings. The number of aromatic nitrogens is 2. The Kier molecular flexibility index (Phi) is 4.43. The average Bonchev–Trinajstić information content (AvgIpc) is 2.39. The summed E-state index contributed by atoms with van der Waals surface area (Å²) in [6.45, 7) is 1.62. The molecule has 0 spiro atoms. The quantitative estimate of drug-likeness (QED) is 0.562. The Bertz CT molecular complexity index is 464. The molecule has 0 unspecified atom stereocenters. The third-order valence-corrected chi connectivity index (χ3v) is 3.57. The zero-order valence-corrected chi connectivity index (χ0v) is 11.5. The van der Waals surface area contributed by atoms with Crippen molar-refractivity contribution in [3.05, 3.63) is 6.07 Å². The number of anilines is 2. The summed E-state index contributed by atoms with van der Waals surface area (Å²) in [6, 6.07) is 1.44. The van der Waals surface area contributed by atoms with Crippen LogP contribution in [0.4, 0.5) is 16.4 Å². The van der Waals surface area contributed by atoms with Crippen molar-refractivity contribution in [1.29, 1.82) is 0 Å². The normalized spacial score (nSPS) is 16.3. The second-order valence-electron chi connectivity index (χ2n) is 4.27. The maximum atomic E-state index is 11.5. The van der Waals surface area contributed by atoms with E-state index < -0.39 is 6.09 Å². The number of amides is 1. The Hall–Kier alpha value is -1.54. The minimum Gasteiger partial charge on any atom is -0.465 e. The molecule has 0 radical (unpaired) electrons. The fourth-order valence-electron chi connectivity index (χ4n) is 2.15.